The molecule has 0 saturated heterocycles. The van der Waals surface area contributed by atoms with E-state index < -0.39 is 11.6 Å². The first kappa shape index (κ1) is 28.8. The molecule has 38 heavy (non-hydrogen) atoms. The zero-order valence-corrected chi connectivity index (χ0v) is 23.4. The monoisotopic (exact) mass is 516 g/mol. The summed E-state index contributed by atoms with van der Waals surface area (Å²) in [5.41, 5.74) is 3.64. The third kappa shape index (κ3) is 8.10. The van der Waals surface area contributed by atoms with Gasteiger partial charge in [-0.2, -0.15) is 0 Å². The van der Waals surface area contributed by atoms with Crippen LogP contribution >= 0.6 is 0 Å². The van der Waals surface area contributed by atoms with Crippen LogP contribution in [-0.2, 0) is 29.0 Å². The van der Waals surface area contributed by atoms with Gasteiger partial charge >= 0.3 is 0 Å². The molecule has 3 aromatic rings. The van der Waals surface area contributed by atoms with Crippen molar-refractivity contribution in [2.45, 2.75) is 65.1 Å². The molecular weight excluding hydrogens is 476 g/mol. The first-order chi connectivity index (χ1) is 18.1. The molecule has 0 aliphatic rings. The Hall–Kier alpha value is -3.80. The lowest BCUT2D eigenvalue weighted by Gasteiger charge is -2.34. The first-order valence-electron chi connectivity index (χ1n) is 13.0. The van der Waals surface area contributed by atoms with E-state index in [-0.39, 0.29) is 18.2 Å². The number of amides is 2. The largest absolute Gasteiger partial charge is 0.493 e. The van der Waals surface area contributed by atoms with Crippen molar-refractivity contribution in [3.05, 3.63) is 95.1 Å². The van der Waals surface area contributed by atoms with E-state index in [4.69, 9.17) is 9.47 Å². The number of rotatable bonds is 11. The van der Waals surface area contributed by atoms with Crippen molar-refractivity contribution in [3.63, 3.8) is 0 Å². The van der Waals surface area contributed by atoms with Crippen molar-refractivity contribution in [2.24, 2.45) is 0 Å². The maximum Gasteiger partial charge on any atom is 0.243 e. The summed E-state index contributed by atoms with van der Waals surface area (Å²) < 4.78 is 10.8. The summed E-state index contributed by atoms with van der Waals surface area (Å²) in [5, 5.41) is 3.11. The van der Waals surface area contributed by atoms with Crippen LogP contribution in [0.2, 0.25) is 0 Å². The summed E-state index contributed by atoms with van der Waals surface area (Å²) in [5.74, 6) is 1.04. The lowest BCUT2D eigenvalue weighted by atomic mass is 9.99. The molecule has 0 radical (unpaired) electrons. The van der Waals surface area contributed by atoms with Gasteiger partial charge in [-0.25, -0.2) is 0 Å². The van der Waals surface area contributed by atoms with E-state index in [0.717, 1.165) is 22.3 Å². The fraction of sp³-hybridized carbons (Fsp3) is 0.375. The van der Waals surface area contributed by atoms with Crippen LogP contribution in [0.3, 0.4) is 0 Å². The van der Waals surface area contributed by atoms with Crippen LogP contribution in [0, 0.1) is 6.92 Å². The predicted molar refractivity (Wildman–Crippen MR) is 151 cm³/mol. The Morgan fingerprint density at radius 3 is 2.16 bits per heavy atom. The minimum Gasteiger partial charge on any atom is -0.493 e. The lowest BCUT2D eigenvalue weighted by Crippen LogP contribution is -2.54. The quantitative estimate of drug-likeness (QED) is 0.365. The molecule has 6 nitrogen and oxygen atoms in total. The number of methoxy groups -OCH3 is 2. The van der Waals surface area contributed by atoms with Gasteiger partial charge in [0.05, 0.1) is 14.2 Å². The molecule has 3 aromatic carbocycles. The normalized spacial score (nSPS) is 11.9. The number of nitrogens with zero attached hydrogens (tertiary/aromatic N) is 1. The second-order valence-electron chi connectivity index (χ2n) is 10.6. The SMILES string of the molecule is COc1ccc(CCC(=O)N(Cc2ccccc2C)[C@H](Cc2ccccc2)C(=O)NC(C)(C)C)cc1OC. The van der Waals surface area contributed by atoms with Crippen LogP contribution in [0.4, 0.5) is 0 Å². The molecule has 0 unspecified atom stereocenters. The third-order valence-corrected chi connectivity index (χ3v) is 6.45. The van der Waals surface area contributed by atoms with Gasteiger partial charge in [0, 0.05) is 24.9 Å². The fourth-order valence-electron chi connectivity index (χ4n) is 4.41. The summed E-state index contributed by atoms with van der Waals surface area (Å²) in [7, 11) is 3.19. The van der Waals surface area contributed by atoms with E-state index in [9.17, 15) is 9.59 Å². The second-order valence-corrected chi connectivity index (χ2v) is 10.6. The molecule has 0 aliphatic heterocycles. The van der Waals surface area contributed by atoms with E-state index in [1.807, 2.05) is 100 Å². The summed E-state index contributed by atoms with van der Waals surface area (Å²) in [6, 6.07) is 22.9. The minimum atomic E-state index is -0.658. The first-order valence-corrected chi connectivity index (χ1v) is 13.0. The van der Waals surface area contributed by atoms with Crippen molar-refractivity contribution in [2.75, 3.05) is 14.2 Å². The van der Waals surface area contributed by atoms with Gasteiger partial charge < -0.3 is 19.7 Å². The summed E-state index contributed by atoms with van der Waals surface area (Å²) in [4.78, 5) is 29.3. The highest BCUT2D eigenvalue weighted by Gasteiger charge is 2.32. The molecule has 3 rings (SSSR count). The zero-order valence-electron chi connectivity index (χ0n) is 23.4. The van der Waals surface area contributed by atoms with Crippen LogP contribution in [0.25, 0.3) is 0 Å². The predicted octanol–water partition coefficient (Wildman–Crippen LogP) is 5.50. The molecule has 0 aliphatic carbocycles. The van der Waals surface area contributed by atoms with E-state index >= 15 is 0 Å². The number of hydrogen-bond acceptors (Lipinski definition) is 4. The Kier molecular flexibility index (Phi) is 9.94. The molecule has 0 bridgehead atoms. The number of carbonyl (C=O) groups excluding carboxylic acids is 2. The summed E-state index contributed by atoms with van der Waals surface area (Å²) in [6.45, 7) is 8.24. The molecule has 0 heterocycles. The number of benzene rings is 3. The van der Waals surface area contributed by atoms with Crippen LogP contribution in [0.1, 0.15) is 49.4 Å². The Labute approximate surface area is 227 Å². The molecule has 2 amide bonds. The number of ether oxygens (including phenoxy) is 2. The maximum absolute atomic E-state index is 13.9. The highest BCUT2D eigenvalue weighted by Crippen LogP contribution is 2.28. The van der Waals surface area contributed by atoms with Crippen molar-refractivity contribution < 1.29 is 19.1 Å². The fourth-order valence-corrected chi connectivity index (χ4v) is 4.41. The molecular formula is C32H40N2O4. The zero-order chi connectivity index (χ0) is 27.7. The molecule has 0 saturated carbocycles. The lowest BCUT2D eigenvalue weighted by molar-refractivity contribution is -0.141. The van der Waals surface area contributed by atoms with Crippen molar-refractivity contribution in [3.8, 4) is 11.5 Å². The molecule has 6 heteroatoms. The van der Waals surface area contributed by atoms with Gasteiger partial charge in [0.25, 0.3) is 0 Å². The maximum atomic E-state index is 13.9. The number of nitrogens with one attached hydrogen (secondary N) is 1. The highest BCUT2D eigenvalue weighted by molar-refractivity contribution is 5.88. The molecule has 0 fully saturated rings. The number of carbonyl (C=O) groups is 2. The van der Waals surface area contributed by atoms with Crippen molar-refractivity contribution in [1.82, 2.24) is 10.2 Å². The minimum absolute atomic E-state index is 0.0759. The highest BCUT2D eigenvalue weighted by atomic mass is 16.5. The van der Waals surface area contributed by atoms with Crippen molar-refractivity contribution >= 4 is 11.8 Å². The van der Waals surface area contributed by atoms with Gasteiger partial charge in [-0.3, -0.25) is 9.59 Å². The van der Waals surface area contributed by atoms with E-state index in [1.165, 1.54) is 0 Å². The Bertz CT molecular complexity index is 1220. The Morgan fingerprint density at radius 2 is 1.53 bits per heavy atom. The van der Waals surface area contributed by atoms with Gasteiger partial charge in [0.15, 0.2) is 11.5 Å². The summed E-state index contributed by atoms with van der Waals surface area (Å²) >= 11 is 0. The number of hydrogen-bond donors (Lipinski definition) is 1. The standard InChI is InChI=1S/C32H40N2O4/c1-23-12-10-11-15-26(23)22-34(30(35)19-17-25-16-18-28(37-5)29(21-25)38-6)27(31(36)33-32(2,3)4)20-24-13-8-7-9-14-24/h7-16,18,21,27H,17,19-20,22H2,1-6H3,(H,33,36)/t27-/m1/s1. The van der Waals surface area contributed by atoms with Crippen LogP contribution in [-0.4, -0.2) is 42.5 Å². The van der Waals surface area contributed by atoms with E-state index in [2.05, 4.69) is 5.32 Å². The van der Waals surface area contributed by atoms with Gasteiger partial charge in [0.2, 0.25) is 11.8 Å². The second kappa shape index (κ2) is 13.1. The van der Waals surface area contributed by atoms with Gasteiger partial charge in [-0.1, -0.05) is 60.7 Å². The molecule has 1 atom stereocenters. The van der Waals surface area contributed by atoms with Crippen LogP contribution in [0.5, 0.6) is 11.5 Å². The van der Waals surface area contributed by atoms with Gasteiger partial charge in [0.1, 0.15) is 6.04 Å². The Morgan fingerprint density at radius 1 is 0.868 bits per heavy atom. The third-order valence-electron chi connectivity index (χ3n) is 6.45. The molecule has 1 N–H and O–H groups in total. The van der Waals surface area contributed by atoms with Gasteiger partial charge in [-0.15, -0.1) is 0 Å². The average molecular weight is 517 g/mol. The average Bonchev–Trinajstić information content (AvgIpc) is 2.89. The van der Waals surface area contributed by atoms with Crippen molar-refractivity contribution in [1.29, 1.82) is 0 Å². The van der Waals surface area contributed by atoms with Crippen LogP contribution < -0.4 is 14.8 Å². The topological polar surface area (TPSA) is 67.9 Å². The van der Waals surface area contributed by atoms with Gasteiger partial charge in [-0.05, 0) is 68.5 Å². The molecule has 202 valence electrons. The van der Waals surface area contributed by atoms with Crippen LogP contribution in [0.15, 0.2) is 72.8 Å². The summed E-state index contributed by atoms with van der Waals surface area (Å²) in [6.07, 6.45) is 1.20. The Balaban J connectivity index is 1.94. The molecule has 0 spiro atoms. The van der Waals surface area contributed by atoms with E-state index in [0.29, 0.717) is 30.9 Å². The molecule has 0 aromatic heterocycles. The number of aryl methyl sites for hydroxylation is 2. The smallest absolute Gasteiger partial charge is 0.243 e. The van der Waals surface area contributed by atoms with E-state index in [1.54, 1.807) is 19.1 Å².